The van der Waals surface area contributed by atoms with E-state index < -0.39 is 6.10 Å². The van der Waals surface area contributed by atoms with Gasteiger partial charge in [-0.2, -0.15) is 0 Å². The number of fused-ring (bicyclic) bond motifs is 1. The lowest BCUT2D eigenvalue weighted by Gasteiger charge is -2.15. The molecule has 5 nitrogen and oxygen atoms in total. The van der Waals surface area contributed by atoms with Crippen LogP contribution in [0.3, 0.4) is 0 Å². The standard InChI is InChI=1S/C13H15N3O2/c17-10-6-13(18)16(7-10)4-3-9-1-2-11-12(5-9)15-8-14-11/h1-2,5,8,10,17H,3-4,6-7H2,(H,14,15). The number of likely N-dealkylation sites (tertiary alicyclic amines) is 1. The highest BCUT2D eigenvalue weighted by Crippen LogP contribution is 2.15. The fraction of sp³-hybridized carbons (Fsp3) is 0.385. The van der Waals surface area contributed by atoms with E-state index in [2.05, 4.69) is 16.0 Å². The average molecular weight is 245 g/mol. The van der Waals surface area contributed by atoms with Crippen molar-refractivity contribution in [3.05, 3.63) is 30.1 Å². The van der Waals surface area contributed by atoms with E-state index in [0.29, 0.717) is 13.1 Å². The zero-order valence-electron chi connectivity index (χ0n) is 9.97. The van der Waals surface area contributed by atoms with Crippen molar-refractivity contribution in [2.75, 3.05) is 13.1 Å². The van der Waals surface area contributed by atoms with E-state index in [1.165, 1.54) is 5.56 Å². The van der Waals surface area contributed by atoms with Crippen LogP contribution in [-0.4, -0.2) is 45.1 Å². The van der Waals surface area contributed by atoms with E-state index in [-0.39, 0.29) is 12.3 Å². The fourth-order valence-corrected chi connectivity index (χ4v) is 2.37. The Labute approximate surface area is 104 Å². The normalized spacial score (nSPS) is 19.9. The molecule has 94 valence electrons. The molecule has 0 spiro atoms. The molecule has 1 saturated heterocycles. The zero-order valence-corrected chi connectivity index (χ0v) is 9.97. The van der Waals surface area contributed by atoms with Crippen LogP contribution in [0.1, 0.15) is 12.0 Å². The Hall–Kier alpha value is -1.88. The minimum atomic E-state index is -0.493. The van der Waals surface area contributed by atoms with Crippen LogP contribution < -0.4 is 0 Å². The third-order valence-electron chi connectivity index (χ3n) is 3.35. The fourth-order valence-electron chi connectivity index (χ4n) is 2.37. The minimum Gasteiger partial charge on any atom is -0.391 e. The van der Waals surface area contributed by atoms with Crippen LogP contribution in [0.5, 0.6) is 0 Å². The number of aromatic nitrogens is 2. The van der Waals surface area contributed by atoms with Gasteiger partial charge in [-0.1, -0.05) is 6.07 Å². The van der Waals surface area contributed by atoms with E-state index in [9.17, 15) is 9.90 Å². The molecule has 3 rings (SSSR count). The summed E-state index contributed by atoms with van der Waals surface area (Å²) in [4.78, 5) is 20.5. The molecule has 1 aliphatic rings. The second kappa shape index (κ2) is 4.42. The van der Waals surface area contributed by atoms with Crippen molar-refractivity contribution < 1.29 is 9.90 Å². The number of hydrogen-bond donors (Lipinski definition) is 2. The maximum Gasteiger partial charge on any atom is 0.225 e. The van der Waals surface area contributed by atoms with Gasteiger partial charge < -0.3 is 15.0 Å². The summed E-state index contributed by atoms with van der Waals surface area (Å²) < 4.78 is 0. The Kier molecular flexibility index (Phi) is 2.76. The van der Waals surface area contributed by atoms with Crippen LogP contribution >= 0.6 is 0 Å². The van der Waals surface area contributed by atoms with Crippen molar-refractivity contribution in [1.29, 1.82) is 0 Å². The quantitative estimate of drug-likeness (QED) is 0.836. The van der Waals surface area contributed by atoms with Crippen molar-refractivity contribution >= 4 is 16.9 Å². The number of rotatable bonds is 3. The molecule has 0 aliphatic carbocycles. The molecule has 0 bridgehead atoms. The summed E-state index contributed by atoms with van der Waals surface area (Å²) in [6.45, 7) is 1.13. The van der Waals surface area contributed by atoms with Crippen molar-refractivity contribution in [2.45, 2.75) is 18.9 Å². The van der Waals surface area contributed by atoms with Crippen LogP contribution in [0.25, 0.3) is 11.0 Å². The summed E-state index contributed by atoms with van der Waals surface area (Å²) in [6.07, 6.45) is 2.24. The Balaban J connectivity index is 1.67. The SMILES string of the molecule is O=C1CC(O)CN1CCc1ccc2nc[nH]c2c1. The van der Waals surface area contributed by atoms with Crippen LogP contribution in [0.2, 0.25) is 0 Å². The summed E-state index contributed by atoms with van der Waals surface area (Å²) >= 11 is 0. The molecule has 5 heteroatoms. The van der Waals surface area contributed by atoms with Gasteiger partial charge in [0.1, 0.15) is 0 Å². The average Bonchev–Trinajstić information content (AvgIpc) is 2.92. The van der Waals surface area contributed by atoms with E-state index >= 15 is 0 Å². The number of H-pyrrole nitrogens is 1. The molecule has 1 aromatic carbocycles. The van der Waals surface area contributed by atoms with Crippen molar-refractivity contribution in [2.24, 2.45) is 0 Å². The monoisotopic (exact) mass is 245 g/mol. The predicted molar refractivity (Wildman–Crippen MR) is 67.0 cm³/mol. The van der Waals surface area contributed by atoms with E-state index in [0.717, 1.165) is 17.5 Å². The maximum absolute atomic E-state index is 11.5. The Bertz CT molecular complexity index is 578. The van der Waals surface area contributed by atoms with Gasteiger partial charge in [-0.25, -0.2) is 4.98 Å². The Morgan fingerprint density at radius 3 is 3.17 bits per heavy atom. The Morgan fingerprint density at radius 1 is 1.50 bits per heavy atom. The maximum atomic E-state index is 11.5. The number of imidazole rings is 1. The largest absolute Gasteiger partial charge is 0.391 e. The van der Waals surface area contributed by atoms with Gasteiger partial charge in [0.2, 0.25) is 5.91 Å². The van der Waals surface area contributed by atoms with Gasteiger partial charge in [0.25, 0.3) is 0 Å². The molecule has 1 unspecified atom stereocenters. The molecule has 1 atom stereocenters. The molecule has 1 fully saturated rings. The van der Waals surface area contributed by atoms with Gasteiger partial charge in [0.15, 0.2) is 0 Å². The predicted octanol–water partition coefficient (Wildman–Crippen LogP) is 0.699. The summed E-state index contributed by atoms with van der Waals surface area (Å²) in [5.74, 6) is 0.0464. The second-order valence-electron chi connectivity index (χ2n) is 4.70. The minimum absolute atomic E-state index is 0.0464. The summed E-state index contributed by atoms with van der Waals surface area (Å²) in [5, 5.41) is 9.41. The summed E-state index contributed by atoms with van der Waals surface area (Å²) in [6, 6.07) is 6.06. The molecule has 2 N–H and O–H groups in total. The molecule has 1 aliphatic heterocycles. The summed E-state index contributed by atoms with van der Waals surface area (Å²) in [5.41, 5.74) is 3.13. The number of amides is 1. The van der Waals surface area contributed by atoms with E-state index in [1.807, 2.05) is 12.1 Å². The van der Waals surface area contributed by atoms with Crippen LogP contribution in [0.15, 0.2) is 24.5 Å². The number of benzene rings is 1. The Morgan fingerprint density at radius 2 is 2.39 bits per heavy atom. The molecular formula is C13H15N3O2. The smallest absolute Gasteiger partial charge is 0.225 e. The topological polar surface area (TPSA) is 69.2 Å². The molecule has 1 amide bonds. The first kappa shape index (κ1) is 11.2. The highest BCUT2D eigenvalue weighted by Gasteiger charge is 2.27. The van der Waals surface area contributed by atoms with Gasteiger partial charge in [-0.05, 0) is 24.1 Å². The molecule has 0 radical (unpaired) electrons. The van der Waals surface area contributed by atoms with Gasteiger partial charge in [0, 0.05) is 13.1 Å². The molecule has 2 aromatic rings. The number of hydrogen-bond acceptors (Lipinski definition) is 3. The molecule has 18 heavy (non-hydrogen) atoms. The van der Waals surface area contributed by atoms with E-state index in [4.69, 9.17) is 0 Å². The number of aliphatic hydroxyl groups excluding tert-OH is 1. The van der Waals surface area contributed by atoms with Gasteiger partial charge in [-0.15, -0.1) is 0 Å². The van der Waals surface area contributed by atoms with Gasteiger partial charge >= 0.3 is 0 Å². The highest BCUT2D eigenvalue weighted by molar-refractivity contribution is 5.79. The third kappa shape index (κ3) is 2.09. The second-order valence-corrected chi connectivity index (χ2v) is 4.70. The molecule has 1 aromatic heterocycles. The number of aromatic amines is 1. The van der Waals surface area contributed by atoms with Crippen molar-refractivity contribution in [3.63, 3.8) is 0 Å². The molecule has 2 heterocycles. The first-order valence-corrected chi connectivity index (χ1v) is 6.10. The lowest BCUT2D eigenvalue weighted by atomic mass is 10.1. The third-order valence-corrected chi connectivity index (χ3v) is 3.35. The highest BCUT2D eigenvalue weighted by atomic mass is 16.3. The lowest BCUT2D eigenvalue weighted by molar-refractivity contribution is -0.127. The lowest BCUT2D eigenvalue weighted by Crippen LogP contribution is -2.28. The van der Waals surface area contributed by atoms with E-state index in [1.54, 1.807) is 11.2 Å². The van der Waals surface area contributed by atoms with Gasteiger partial charge in [-0.3, -0.25) is 4.79 Å². The van der Waals surface area contributed by atoms with Gasteiger partial charge in [0.05, 0.1) is 29.9 Å². The number of nitrogens with zero attached hydrogens (tertiary/aromatic N) is 2. The first-order valence-electron chi connectivity index (χ1n) is 6.10. The number of β-amino-alcohol motifs (C(OH)–C–C–N with tert-alkyl or cyclic N) is 1. The number of nitrogens with one attached hydrogen (secondary N) is 1. The van der Waals surface area contributed by atoms with Crippen LogP contribution in [-0.2, 0) is 11.2 Å². The number of carbonyl (C=O) groups excluding carboxylic acids is 1. The molecule has 0 saturated carbocycles. The van der Waals surface area contributed by atoms with Crippen LogP contribution in [0, 0.1) is 0 Å². The van der Waals surface area contributed by atoms with Crippen molar-refractivity contribution in [3.8, 4) is 0 Å². The summed E-state index contributed by atoms with van der Waals surface area (Å²) in [7, 11) is 0. The first-order chi connectivity index (χ1) is 8.72. The number of aliphatic hydroxyl groups is 1. The number of carbonyl (C=O) groups is 1. The van der Waals surface area contributed by atoms with Crippen molar-refractivity contribution in [1.82, 2.24) is 14.9 Å². The van der Waals surface area contributed by atoms with Crippen LogP contribution in [0.4, 0.5) is 0 Å². The molecular weight excluding hydrogens is 230 g/mol. The zero-order chi connectivity index (χ0) is 12.5.